The molecule has 0 radical (unpaired) electrons. The Balaban J connectivity index is 3.47. The third kappa shape index (κ3) is 5.68. The van der Waals surface area contributed by atoms with Gasteiger partial charge in [0, 0.05) is 16.6 Å². The summed E-state index contributed by atoms with van der Waals surface area (Å²) in [6.45, 7) is 4.16. The lowest BCUT2D eigenvalue weighted by atomic mass is 10.4. The lowest BCUT2D eigenvalue weighted by Gasteiger charge is -2.06. The molecule has 0 heterocycles. The molecule has 0 aromatic rings. The molecule has 0 saturated heterocycles. The number of hydrogen-bond donors (Lipinski definition) is 0. The van der Waals surface area contributed by atoms with Gasteiger partial charge < -0.3 is 0 Å². The van der Waals surface area contributed by atoms with Gasteiger partial charge in [-0.15, -0.1) is 11.6 Å². The van der Waals surface area contributed by atoms with Crippen molar-refractivity contribution in [3.63, 3.8) is 0 Å². The normalized spacial score (nSPS) is 16.3. The number of alkyl halides is 1. The van der Waals surface area contributed by atoms with Crippen molar-refractivity contribution in [3.05, 3.63) is 0 Å². The minimum atomic E-state index is -0.799. The van der Waals surface area contributed by atoms with E-state index in [0.717, 1.165) is 31.4 Å². The van der Waals surface area contributed by atoms with Gasteiger partial charge in [-0.1, -0.05) is 26.7 Å². The molecule has 11 heavy (non-hydrogen) atoms. The van der Waals surface area contributed by atoms with Crippen LogP contribution < -0.4 is 0 Å². The van der Waals surface area contributed by atoms with Gasteiger partial charge in [0.25, 0.3) is 0 Å². The molecule has 0 aliphatic heterocycles. The first kappa shape index (κ1) is 11.4. The van der Waals surface area contributed by atoms with Crippen LogP contribution in [0.25, 0.3) is 0 Å². The van der Waals surface area contributed by atoms with E-state index in [1.165, 1.54) is 0 Å². The maximum absolute atomic E-state index is 11.3. The molecule has 0 amide bonds. The molecule has 0 unspecified atom stereocenters. The predicted molar refractivity (Wildman–Crippen MR) is 52.5 cm³/mol. The average Bonchev–Trinajstić information content (AvgIpc) is 2.00. The van der Waals surface area contributed by atoms with E-state index in [0.29, 0.717) is 0 Å². The fourth-order valence-corrected chi connectivity index (χ4v) is 2.59. The van der Waals surface area contributed by atoms with Gasteiger partial charge in [-0.05, 0) is 12.8 Å². The molecule has 0 aromatic heterocycles. The Hall–Kier alpha value is 0.440. The van der Waals surface area contributed by atoms with E-state index in [-0.39, 0.29) is 4.71 Å². The van der Waals surface area contributed by atoms with Crippen LogP contribution in [0.1, 0.15) is 39.5 Å². The molecule has 0 aliphatic carbocycles. The second kappa shape index (κ2) is 7.11. The molecule has 2 atom stereocenters. The lowest BCUT2D eigenvalue weighted by Crippen LogP contribution is -2.10. The van der Waals surface area contributed by atoms with E-state index in [1.807, 2.05) is 0 Å². The molecular formula is C8H17ClOS. The van der Waals surface area contributed by atoms with Gasteiger partial charge in [0.15, 0.2) is 0 Å². The minimum absolute atomic E-state index is 0.119. The minimum Gasteiger partial charge on any atom is -0.258 e. The van der Waals surface area contributed by atoms with Crippen LogP contribution in [0.5, 0.6) is 0 Å². The third-order valence-corrected chi connectivity index (χ3v) is 3.81. The highest BCUT2D eigenvalue weighted by atomic mass is 35.5. The number of hydrogen-bond acceptors (Lipinski definition) is 1. The topological polar surface area (TPSA) is 17.1 Å². The SMILES string of the molecule is CCCC[S@](=O)[C@H](Cl)CCC. The van der Waals surface area contributed by atoms with E-state index in [9.17, 15) is 4.21 Å². The molecule has 3 heteroatoms. The second-order valence-electron chi connectivity index (χ2n) is 2.64. The number of rotatable bonds is 6. The van der Waals surface area contributed by atoms with E-state index >= 15 is 0 Å². The van der Waals surface area contributed by atoms with Gasteiger partial charge in [0.2, 0.25) is 0 Å². The smallest absolute Gasteiger partial charge is 0.109 e. The van der Waals surface area contributed by atoms with E-state index in [4.69, 9.17) is 11.6 Å². The molecule has 0 bridgehead atoms. The predicted octanol–water partition coefficient (Wildman–Crippen LogP) is 2.90. The summed E-state index contributed by atoms with van der Waals surface area (Å²) in [6, 6.07) is 0. The van der Waals surface area contributed by atoms with Crippen LogP contribution in [-0.2, 0) is 10.8 Å². The maximum atomic E-state index is 11.3. The molecule has 0 saturated carbocycles. The van der Waals surface area contributed by atoms with Gasteiger partial charge in [-0.2, -0.15) is 0 Å². The molecule has 68 valence electrons. The largest absolute Gasteiger partial charge is 0.258 e. The Morgan fingerprint density at radius 3 is 2.45 bits per heavy atom. The molecule has 0 aromatic carbocycles. The van der Waals surface area contributed by atoms with Crippen molar-refractivity contribution in [2.75, 3.05) is 5.75 Å². The van der Waals surface area contributed by atoms with E-state index < -0.39 is 10.8 Å². The van der Waals surface area contributed by atoms with Crippen molar-refractivity contribution in [1.82, 2.24) is 0 Å². The van der Waals surface area contributed by atoms with Gasteiger partial charge in [0.1, 0.15) is 4.71 Å². The summed E-state index contributed by atoms with van der Waals surface area (Å²) >= 11 is 5.87. The number of unbranched alkanes of at least 4 members (excludes halogenated alkanes) is 1. The summed E-state index contributed by atoms with van der Waals surface area (Å²) < 4.78 is 11.2. The lowest BCUT2D eigenvalue weighted by molar-refractivity contribution is 0.672. The quantitative estimate of drug-likeness (QED) is 0.598. The molecule has 0 fully saturated rings. The monoisotopic (exact) mass is 196 g/mol. The molecule has 1 nitrogen and oxygen atoms in total. The van der Waals surface area contributed by atoms with Crippen LogP contribution in [0.3, 0.4) is 0 Å². The summed E-state index contributed by atoms with van der Waals surface area (Å²) in [4.78, 5) is 0. The highest BCUT2D eigenvalue weighted by Crippen LogP contribution is 2.11. The summed E-state index contributed by atoms with van der Waals surface area (Å²) in [6.07, 6.45) is 4.02. The van der Waals surface area contributed by atoms with E-state index in [2.05, 4.69) is 13.8 Å². The first-order valence-corrected chi connectivity index (χ1v) is 6.05. The van der Waals surface area contributed by atoms with Crippen molar-refractivity contribution in [2.24, 2.45) is 0 Å². The first-order chi connectivity index (χ1) is 5.22. The van der Waals surface area contributed by atoms with Crippen LogP contribution in [0.4, 0.5) is 0 Å². The van der Waals surface area contributed by atoms with E-state index in [1.54, 1.807) is 0 Å². The van der Waals surface area contributed by atoms with Crippen molar-refractivity contribution in [2.45, 2.75) is 44.2 Å². The summed E-state index contributed by atoms with van der Waals surface area (Å²) in [7, 11) is -0.799. The molecule has 0 N–H and O–H groups in total. The summed E-state index contributed by atoms with van der Waals surface area (Å²) in [5, 5.41) is 0. The Bertz CT molecular complexity index is 117. The second-order valence-corrected chi connectivity index (χ2v) is 5.16. The zero-order chi connectivity index (χ0) is 8.69. The standard InChI is InChI=1S/C8H17ClOS/c1-3-5-7-11(10)8(9)6-4-2/h8H,3-7H2,1-2H3/t8-,11-/m0/s1. The van der Waals surface area contributed by atoms with Gasteiger partial charge >= 0.3 is 0 Å². The van der Waals surface area contributed by atoms with Crippen LogP contribution in [0.15, 0.2) is 0 Å². The van der Waals surface area contributed by atoms with Crippen LogP contribution in [0.2, 0.25) is 0 Å². The first-order valence-electron chi connectivity index (χ1n) is 4.23. The molecular weight excluding hydrogens is 180 g/mol. The van der Waals surface area contributed by atoms with Gasteiger partial charge in [-0.3, -0.25) is 4.21 Å². The Kier molecular flexibility index (Phi) is 7.39. The van der Waals surface area contributed by atoms with Crippen molar-refractivity contribution < 1.29 is 4.21 Å². The third-order valence-electron chi connectivity index (χ3n) is 1.50. The maximum Gasteiger partial charge on any atom is 0.109 e. The summed E-state index contributed by atoms with van der Waals surface area (Å²) in [5.41, 5.74) is 0. The fraction of sp³-hybridized carbons (Fsp3) is 1.00. The van der Waals surface area contributed by atoms with Crippen molar-refractivity contribution in [3.8, 4) is 0 Å². The molecule has 0 aliphatic rings. The highest BCUT2D eigenvalue weighted by molar-refractivity contribution is 7.86. The van der Waals surface area contributed by atoms with Crippen LogP contribution in [-0.4, -0.2) is 14.7 Å². The van der Waals surface area contributed by atoms with Crippen molar-refractivity contribution >= 4 is 22.4 Å². The Morgan fingerprint density at radius 1 is 1.36 bits per heavy atom. The zero-order valence-electron chi connectivity index (χ0n) is 7.31. The molecule has 0 rings (SSSR count). The van der Waals surface area contributed by atoms with Crippen LogP contribution >= 0.6 is 11.6 Å². The Morgan fingerprint density at radius 2 is 2.00 bits per heavy atom. The van der Waals surface area contributed by atoms with Gasteiger partial charge in [0.05, 0.1) is 0 Å². The van der Waals surface area contributed by atoms with Crippen LogP contribution in [0, 0.1) is 0 Å². The van der Waals surface area contributed by atoms with Crippen molar-refractivity contribution in [1.29, 1.82) is 0 Å². The zero-order valence-corrected chi connectivity index (χ0v) is 8.88. The number of halogens is 1. The Labute approximate surface area is 77.0 Å². The van der Waals surface area contributed by atoms with Gasteiger partial charge in [-0.25, -0.2) is 0 Å². The fourth-order valence-electron chi connectivity index (χ4n) is 0.773. The summed E-state index contributed by atoms with van der Waals surface area (Å²) in [5.74, 6) is 0.769. The highest BCUT2D eigenvalue weighted by Gasteiger charge is 2.10. The average molecular weight is 197 g/mol. The molecule has 0 spiro atoms.